The molecule has 0 saturated carbocycles. The Bertz CT molecular complexity index is 682. The van der Waals surface area contributed by atoms with E-state index in [1.165, 1.54) is 6.07 Å². The highest BCUT2D eigenvalue weighted by molar-refractivity contribution is 7.89. The van der Waals surface area contributed by atoms with E-state index < -0.39 is 39.3 Å². The summed E-state index contributed by atoms with van der Waals surface area (Å²) in [5, 5.41) is 17.8. The van der Waals surface area contributed by atoms with E-state index >= 15 is 0 Å². The summed E-state index contributed by atoms with van der Waals surface area (Å²) in [6, 6.07) is 2.94. The van der Waals surface area contributed by atoms with Gasteiger partial charge in [-0.1, -0.05) is 20.3 Å². The van der Waals surface area contributed by atoms with Gasteiger partial charge in [-0.15, -0.1) is 0 Å². The van der Waals surface area contributed by atoms with Crippen molar-refractivity contribution < 1.29 is 22.7 Å². The third-order valence-electron chi connectivity index (χ3n) is 3.13. The Labute approximate surface area is 122 Å². The molecule has 2 unspecified atom stereocenters. The molecule has 8 heteroatoms. The van der Waals surface area contributed by atoms with E-state index in [0.29, 0.717) is 6.42 Å². The first-order valence-corrected chi connectivity index (χ1v) is 7.66. The monoisotopic (exact) mass is 314 g/mol. The molecule has 0 fully saturated rings. The lowest BCUT2D eigenvalue weighted by atomic mass is 10.0. The van der Waals surface area contributed by atoms with E-state index in [1.807, 2.05) is 0 Å². The average molecular weight is 314 g/mol. The summed E-state index contributed by atoms with van der Waals surface area (Å²) >= 11 is 0. The van der Waals surface area contributed by atoms with E-state index in [4.69, 9.17) is 10.4 Å². The minimum absolute atomic E-state index is 0.352. The van der Waals surface area contributed by atoms with Crippen molar-refractivity contribution in [2.24, 2.45) is 5.92 Å². The number of nitrogens with one attached hydrogen (secondary N) is 1. The predicted octanol–water partition coefficient (Wildman–Crippen LogP) is 1.47. The number of nitriles is 1. The first kappa shape index (κ1) is 17.1. The number of rotatable bonds is 6. The van der Waals surface area contributed by atoms with Crippen molar-refractivity contribution in [1.29, 1.82) is 5.26 Å². The summed E-state index contributed by atoms with van der Waals surface area (Å²) < 4.78 is 39.6. The van der Waals surface area contributed by atoms with Gasteiger partial charge in [-0.2, -0.15) is 9.98 Å². The molecule has 2 N–H and O–H groups in total. The smallest absolute Gasteiger partial charge is 0.322 e. The van der Waals surface area contributed by atoms with E-state index in [-0.39, 0.29) is 4.90 Å². The van der Waals surface area contributed by atoms with E-state index in [9.17, 15) is 17.6 Å². The lowest BCUT2D eigenvalue weighted by Crippen LogP contribution is -2.44. The highest BCUT2D eigenvalue weighted by Crippen LogP contribution is 2.17. The van der Waals surface area contributed by atoms with Gasteiger partial charge in [0.05, 0.1) is 10.5 Å². The van der Waals surface area contributed by atoms with Gasteiger partial charge in [0.25, 0.3) is 0 Å². The summed E-state index contributed by atoms with van der Waals surface area (Å²) in [4.78, 5) is 10.8. The van der Waals surface area contributed by atoms with Crippen molar-refractivity contribution in [3.05, 3.63) is 29.6 Å². The number of hydrogen-bond acceptors (Lipinski definition) is 4. The van der Waals surface area contributed by atoms with Gasteiger partial charge in [0.2, 0.25) is 10.0 Å². The maximum Gasteiger partial charge on any atom is 0.322 e. The van der Waals surface area contributed by atoms with Gasteiger partial charge in [0.1, 0.15) is 17.9 Å². The fourth-order valence-electron chi connectivity index (χ4n) is 1.64. The van der Waals surface area contributed by atoms with Crippen molar-refractivity contribution in [2.75, 3.05) is 0 Å². The maximum atomic E-state index is 13.2. The molecule has 0 aliphatic rings. The highest BCUT2D eigenvalue weighted by Gasteiger charge is 2.29. The standard InChI is InChI=1S/C13H15FN2O4S/c1-3-8(2)12(13(17)18)16-21(19,20)10-4-5-11(14)9(6-10)7-15/h4-6,8,12,16H,3H2,1-2H3,(H,17,18). The average Bonchev–Trinajstić information content (AvgIpc) is 2.44. The van der Waals surface area contributed by atoms with Crippen LogP contribution in [0.5, 0.6) is 0 Å². The normalized spacial score (nSPS) is 14.2. The number of sulfonamides is 1. The van der Waals surface area contributed by atoms with Gasteiger partial charge in [-0.05, 0) is 24.1 Å². The summed E-state index contributed by atoms with van der Waals surface area (Å²) in [6.45, 7) is 3.34. The predicted molar refractivity (Wildman–Crippen MR) is 72.3 cm³/mol. The molecule has 0 heterocycles. The second-order valence-corrected chi connectivity index (χ2v) is 6.29. The van der Waals surface area contributed by atoms with Crippen molar-refractivity contribution in [3.8, 4) is 6.07 Å². The molecule has 0 saturated heterocycles. The minimum Gasteiger partial charge on any atom is -0.480 e. The molecule has 1 aromatic rings. The van der Waals surface area contributed by atoms with Crippen LogP contribution in [-0.4, -0.2) is 25.5 Å². The highest BCUT2D eigenvalue weighted by atomic mass is 32.2. The molecule has 0 radical (unpaired) electrons. The molecule has 0 aliphatic carbocycles. The maximum absolute atomic E-state index is 13.2. The van der Waals surface area contributed by atoms with Crippen LogP contribution in [0.4, 0.5) is 4.39 Å². The number of benzene rings is 1. The fourth-order valence-corrected chi connectivity index (χ4v) is 2.96. The Hall–Kier alpha value is -1.98. The van der Waals surface area contributed by atoms with Crippen molar-refractivity contribution in [3.63, 3.8) is 0 Å². The third-order valence-corrected chi connectivity index (χ3v) is 4.57. The molecule has 0 aliphatic heterocycles. The van der Waals surface area contributed by atoms with Gasteiger partial charge in [-0.3, -0.25) is 4.79 Å². The van der Waals surface area contributed by atoms with E-state index in [1.54, 1.807) is 13.8 Å². The molecule has 1 rings (SSSR count). The Morgan fingerprint density at radius 3 is 2.62 bits per heavy atom. The molecule has 6 nitrogen and oxygen atoms in total. The largest absolute Gasteiger partial charge is 0.480 e. The van der Waals surface area contributed by atoms with Gasteiger partial charge in [0.15, 0.2) is 0 Å². The van der Waals surface area contributed by atoms with Crippen LogP contribution in [0.1, 0.15) is 25.8 Å². The molecule has 1 aromatic carbocycles. The Morgan fingerprint density at radius 1 is 1.52 bits per heavy atom. The first-order chi connectivity index (χ1) is 9.72. The molecule has 0 bridgehead atoms. The molecule has 0 spiro atoms. The van der Waals surface area contributed by atoms with Crippen LogP contribution < -0.4 is 4.72 Å². The number of carboxylic acids is 1. The van der Waals surface area contributed by atoms with Crippen LogP contribution in [0.3, 0.4) is 0 Å². The van der Waals surface area contributed by atoms with Crippen molar-refractivity contribution in [2.45, 2.75) is 31.2 Å². The molecular formula is C13H15FN2O4S. The minimum atomic E-state index is -4.16. The second-order valence-electron chi connectivity index (χ2n) is 4.58. The van der Waals surface area contributed by atoms with Gasteiger partial charge in [-0.25, -0.2) is 12.8 Å². The van der Waals surface area contributed by atoms with Crippen LogP contribution in [0.25, 0.3) is 0 Å². The molecule has 2 atom stereocenters. The molecule has 21 heavy (non-hydrogen) atoms. The van der Waals surface area contributed by atoms with Gasteiger partial charge < -0.3 is 5.11 Å². The molecule has 0 amide bonds. The SMILES string of the molecule is CCC(C)C(NS(=O)(=O)c1ccc(F)c(C#N)c1)C(=O)O. The Balaban J connectivity index is 3.17. The summed E-state index contributed by atoms with van der Waals surface area (Å²) in [7, 11) is -4.16. The number of hydrogen-bond donors (Lipinski definition) is 2. The number of carbonyl (C=O) groups is 1. The number of halogens is 1. The lowest BCUT2D eigenvalue weighted by Gasteiger charge is -2.20. The molecule has 0 aromatic heterocycles. The Kier molecular flexibility index (Phi) is 5.41. The number of aliphatic carboxylic acids is 1. The van der Waals surface area contributed by atoms with Crippen LogP contribution in [0.15, 0.2) is 23.1 Å². The number of carboxylic acid groups (broad SMARTS) is 1. The third kappa shape index (κ3) is 4.00. The van der Waals surface area contributed by atoms with Crippen LogP contribution in [0.2, 0.25) is 0 Å². The molecular weight excluding hydrogens is 299 g/mol. The quantitative estimate of drug-likeness (QED) is 0.827. The topological polar surface area (TPSA) is 107 Å². The van der Waals surface area contributed by atoms with Crippen LogP contribution >= 0.6 is 0 Å². The van der Waals surface area contributed by atoms with Crippen molar-refractivity contribution in [1.82, 2.24) is 4.72 Å². The van der Waals surface area contributed by atoms with Gasteiger partial charge in [0, 0.05) is 0 Å². The zero-order valence-corrected chi connectivity index (χ0v) is 12.3. The summed E-state index contributed by atoms with van der Waals surface area (Å²) in [5.74, 6) is -2.56. The van der Waals surface area contributed by atoms with Crippen LogP contribution in [-0.2, 0) is 14.8 Å². The van der Waals surface area contributed by atoms with E-state index in [0.717, 1.165) is 18.2 Å². The fraction of sp³-hybridized carbons (Fsp3) is 0.385. The zero-order valence-electron chi connectivity index (χ0n) is 11.5. The van der Waals surface area contributed by atoms with Crippen molar-refractivity contribution >= 4 is 16.0 Å². The first-order valence-electron chi connectivity index (χ1n) is 6.17. The van der Waals surface area contributed by atoms with E-state index in [2.05, 4.69) is 4.72 Å². The summed E-state index contributed by atoms with van der Waals surface area (Å²) in [6.07, 6.45) is 0.465. The Morgan fingerprint density at radius 2 is 2.14 bits per heavy atom. The molecule has 114 valence electrons. The second kappa shape index (κ2) is 6.65. The zero-order chi connectivity index (χ0) is 16.2. The number of nitrogens with zero attached hydrogens (tertiary/aromatic N) is 1. The summed E-state index contributed by atoms with van der Waals surface area (Å²) in [5.41, 5.74) is -0.423. The van der Waals surface area contributed by atoms with Crippen LogP contribution in [0, 0.1) is 23.1 Å². The van der Waals surface area contributed by atoms with Gasteiger partial charge >= 0.3 is 5.97 Å². The lowest BCUT2D eigenvalue weighted by molar-refractivity contribution is -0.140.